The highest BCUT2D eigenvalue weighted by Gasteiger charge is 2.13. The number of sulfone groups is 1. The van der Waals surface area contributed by atoms with Crippen molar-refractivity contribution >= 4 is 27.2 Å². The van der Waals surface area contributed by atoms with E-state index in [1.54, 1.807) is 0 Å². The largest absolute Gasteiger partial charge is 0.382 e. The van der Waals surface area contributed by atoms with E-state index in [0.717, 1.165) is 6.26 Å². The Labute approximate surface area is 115 Å². The summed E-state index contributed by atoms with van der Waals surface area (Å²) in [6, 6.07) is 2.72. The topological polar surface area (TPSA) is 128 Å². The van der Waals surface area contributed by atoms with Crippen molar-refractivity contribution in [1.29, 1.82) is 0 Å². The van der Waals surface area contributed by atoms with Crippen LogP contribution in [0.15, 0.2) is 35.7 Å². The van der Waals surface area contributed by atoms with Crippen LogP contribution in [0.2, 0.25) is 0 Å². The summed E-state index contributed by atoms with van der Waals surface area (Å²) < 4.78 is 22.5. The molecule has 0 radical (unpaired) electrons. The summed E-state index contributed by atoms with van der Waals surface area (Å²) in [6.45, 7) is 0. The normalized spacial score (nSPS) is 11.1. The van der Waals surface area contributed by atoms with Crippen molar-refractivity contribution in [3.8, 4) is 0 Å². The van der Waals surface area contributed by atoms with Gasteiger partial charge in [-0.25, -0.2) is 23.4 Å². The second kappa shape index (κ2) is 5.21. The van der Waals surface area contributed by atoms with Crippen LogP contribution in [-0.2, 0) is 9.84 Å². The lowest BCUT2D eigenvalue weighted by Crippen LogP contribution is -2.16. The second-order valence-electron chi connectivity index (χ2n) is 3.90. The smallest absolute Gasteiger partial charge is 0.278 e. The molecule has 0 saturated heterocycles. The quantitative estimate of drug-likeness (QED) is 0.821. The minimum absolute atomic E-state index is 0.00529. The molecular formula is C11H11N5O3S. The van der Waals surface area contributed by atoms with Gasteiger partial charge >= 0.3 is 0 Å². The van der Waals surface area contributed by atoms with Crippen LogP contribution in [0.5, 0.6) is 0 Å². The Bertz CT molecular complexity index is 743. The molecule has 1 amide bonds. The molecule has 2 aromatic heterocycles. The van der Waals surface area contributed by atoms with E-state index in [0.29, 0.717) is 5.69 Å². The molecule has 0 aliphatic heterocycles. The number of aromatic nitrogens is 3. The van der Waals surface area contributed by atoms with E-state index < -0.39 is 15.7 Å². The molecular weight excluding hydrogens is 282 g/mol. The average molecular weight is 293 g/mol. The predicted molar refractivity (Wildman–Crippen MR) is 71.7 cm³/mol. The predicted octanol–water partition coefficient (Wildman–Crippen LogP) is 0.110. The molecule has 8 nitrogen and oxygen atoms in total. The number of anilines is 2. The molecule has 0 aromatic carbocycles. The number of carbonyl (C=O) groups excluding carboxylic acids is 1. The molecule has 0 fully saturated rings. The zero-order valence-corrected chi connectivity index (χ0v) is 11.3. The van der Waals surface area contributed by atoms with E-state index in [-0.39, 0.29) is 16.5 Å². The number of nitrogens with zero attached hydrogens (tertiary/aromatic N) is 3. The summed E-state index contributed by atoms with van der Waals surface area (Å²) in [5, 5.41) is 2.42. The Hall–Kier alpha value is -2.55. The lowest BCUT2D eigenvalue weighted by Gasteiger charge is -2.06. The van der Waals surface area contributed by atoms with E-state index in [4.69, 9.17) is 5.73 Å². The third kappa shape index (κ3) is 3.06. The number of hydrogen-bond donors (Lipinski definition) is 2. The minimum Gasteiger partial charge on any atom is -0.382 e. The first kappa shape index (κ1) is 13.9. The van der Waals surface area contributed by atoms with Gasteiger partial charge in [0.15, 0.2) is 26.4 Å². The van der Waals surface area contributed by atoms with Crippen molar-refractivity contribution in [2.45, 2.75) is 5.03 Å². The molecule has 0 aliphatic rings. The molecule has 2 aromatic rings. The molecule has 0 aliphatic carbocycles. The average Bonchev–Trinajstić information content (AvgIpc) is 2.38. The third-order valence-corrected chi connectivity index (χ3v) is 3.32. The Morgan fingerprint density at radius 2 is 1.90 bits per heavy atom. The number of nitrogens with two attached hydrogens (primary N) is 1. The van der Waals surface area contributed by atoms with Crippen molar-refractivity contribution in [2.24, 2.45) is 0 Å². The van der Waals surface area contributed by atoms with Crippen LogP contribution < -0.4 is 11.1 Å². The maximum atomic E-state index is 11.9. The summed E-state index contributed by atoms with van der Waals surface area (Å²) in [6.07, 6.45) is 5.00. The molecule has 0 bridgehead atoms. The summed E-state index contributed by atoms with van der Waals surface area (Å²) >= 11 is 0. The molecule has 20 heavy (non-hydrogen) atoms. The maximum absolute atomic E-state index is 11.9. The summed E-state index contributed by atoms with van der Waals surface area (Å²) in [4.78, 5) is 23.2. The molecule has 0 unspecified atom stereocenters. The van der Waals surface area contributed by atoms with Crippen LogP contribution in [0, 0.1) is 0 Å². The first-order chi connectivity index (χ1) is 9.38. The summed E-state index contributed by atoms with van der Waals surface area (Å²) in [5.41, 5.74) is 5.84. The number of carbonyl (C=O) groups is 1. The van der Waals surface area contributed by atoms with Crippen LogP contribution in [0.1, 0.15) is 10.5 Å². The van der Waals surface area contributed by atoms with Gasteiger partial charge in [-0.15, -0.1) is 0 Å². The Morgan fingerprint density at radius 1 is 1.20 bits per heavy atom. The highest BCUT2D eigenvalue weighted by Crippen LogP contribution is 2.12. The fraction of sp³-hybridized carbons (Fsp3) is 0.0909. The van der Waals surface area contributed by atoms with Gasteiger partial charge in [-0.3, -0.25) is 4.79 Å². The second-order valence-corrected chi connectivity index (χ2v) is 5.86. The van der Waals surface area contributed by atoms with Crippen molar-refractivity contribution in [1.82, 2.24) is 15.0 Å². The molecule has 3 N–H and O–H groups in total. The van der Waals surface area contributed by atoms with Crippen molar-refractivity contribution in [3.63, 3.8) is 0 Å². The Balaban J connectivity index is 2.19. The van der Waals surface area contributed by atoms with Gasteiger partial charge in [0.25, 0.3) is 5.91 Å². The highest BCUT2D eigenvalue weighted by atomic mass is 32.2. The van der Waals surface area contributed by atoms with Crippen molar-refractivity contribution < 1.29 is 13.2 Å². The van der Waals surface area contributed by atoms with Crippen LogP contribution in [-0.4, -0.2) is 35.5 Å². The number of rotatable bonds is 3. The Kier molecular flexibility index (Phi) is 3.61. The summed E-state index contributed by atoms with van der Waals surface area (Å²) in [7, 11) is -3.37. The van der Waals surface area contributed by atoms with Gasteiger partial charge in [0.2, 0.25) is 0 Å². The van der Waals surface area contributed by atoms with E-state index in [1.165, 1.54) is 30.7 Å². The lowest BCUT2D eigenvalue weighted by atomic mass is 10.3. The number of hydrogen-bond acceptors (Lipinski definition) is 7. The van der Waals surface area contributed by atoms with Gasteiger partial charge in [0.05, 0.1) is 11.9 Å². The van der Waals surface area contributed by atoms with Gasteiger partial charge in [-0.1, -0.05) is 0 Å². The van der Waals surface area contributed by atoms with Crippen LogP contribution in [0.4, 0.5) is 11.5 Å². The zero-order valence-electron chi connectivity index (χ0n) is 10.4. The molecule has 2 rings (SSSR count). The van der Waals surface area contributed by atoms with Crippen LogP contribution >= 0.6 is 0 Å². The SMILES string of the molecule is CS(=O)(=O)c1ccc(NC(=O)c2nccnc2N)cn1. The number of pyridine rings is 1. The van der Waals surface area contributed by atoms with Crippen LogP contribution in [0.3, 0.4) is 0 Å². The van der Waals surface area contributed by atoms with Gasteiger partial charge in [0, 0.05) is 18.6 Å². The van der Waals surface area contributed by atoms with Gasteiger partial charge < -0.3 is 11.1 Å². The zero-order chi connectivity index (χ0) is 14.8. The van der Waals surface area contributed by atoms with Crippen LogP contribution in [0.25, 0.3) is 0 Å². The highest BCUT2D eigenvalue weighted by molar-refractivity contribution is 7.90. The summed E-state index contributed by atoms with van der Waals surface area (Å²) in [5.74, 6) is -0.546. The lowest BCUT2D eigenvalue weighted by molar-refractivity contribution is 0.102. The van der Waals surface area contributed by atoms with E-state index in [9.17, 15) is 13.2 Å². The number of nitrogens with one attached hydrogen (secondary N) is 1. The molecule has 2 heterocycles. The fourth-order valence-electron chi connectivity index (χ4n) is 1.39. The molecule has 0 saturated carbocycles. The standard InChI is InChI=1S/C11H11N5O3S/c1-20(18,19)8-3-2-7(6-15-8)16-11(17)9-10(12)14-5-4-13-9/h2-6H,1H3,(H2,12,14)(H,16,17). The Morgan fingerprint density at radius 3 is 2.45 bits per heavy atom. The third-order valence-electron chi connectivity index (χ3n) is 2.32. The van der Waals surface area contributed by atoms with Crippen molar-refractivity contribution in [3.05, 3.63) is 36.4 Å². The van der Waals surface area contributed by atoms with Gasteiger partial charge in [0.1, 0.15) is 0 Å². The maximum Gasteiger partial charge on any atom is 0.278 e. The van der Waals surface area contributed by atoms with E-state index in [2.05, 4.69) is 20.3 Å². The fourth-order valence-corrected chi connectivity index (χ4v) is 1.95. The monoisotopic (exact) mass is 293 g/mol. The van der Waals surface area contributed by atoms with E-state index in [1.807, 2.05) is 0 Å². The van der Waals surface area contributed by atoms with Gasteiger partial charge in [-0.05, 0) is 12.1 Å². The molecule has 104 valence electrons. The number of amides is 1. The van der Waals surface area contributed by atoms with Gasteiger partial charge in [-0.2, -0.15) is 0 Å². The first-order valence-corrected chi connectivity index (χ1v) is 7.31. The molecule has 0 spiro atoms. The molecule has 9 heteroatoms. The molecule has 0 atom stereocenters. The van der Waals surface area contributed by atoms with E-state index >= 15 is 0 Å². The number of nitrogen functional groups attached to an aromatic ring is 1. The minimum atomic E-state index is -3.37. The van der Waals surface area contributed by atoms with Crippen molar-refractivity contribution in [2.75, 3.05) is 17.3 Å². The first-order valence-electron chi connectivity index (χ1n) is 5.42.